The summed E-state index contributed by atoms with van der Waals surface area (Å²) in [7, 11) is 0. The molecular weight excluding hydrogens is 276 g/mol. The van der Waals surface area contributed by atoms with E-state index >= 15 is 0 Å². The van der Waals surface area contributed by atoms with E-state index in [1.54, 1.807) is 11.8 Å². The molecular formula is C18H22N2O2. The predicted molar refractivity (Wildman–Crippen MR) is 86.1 cm³/mol. The Bertz CT molecular complexity index is 613. The van der Waals surface area contributed by atoms with Crippen molar-refractivity contribution < 1.29 is 9.59 Å². The lowest BCUT2D eigenvalue weighted by Crippen LogP contribution is -2.49. The van der Waals surface area contributed by atoms with Gasteiger partial charge in [0.25, 0.3) is 5.91 Å². The zero-order chi connectivity index (χ0) is 15.9. The van der Waals surface area contributed by atoms with E-state index in [-0.39, 0.29) is 17.9 Å². The second kappa shape index (κ2) is 7.65. The third kappa shape index (κ3) is 4.36. The maximum absolute atomic E-state index is 12.2. The highest BCUT2D eigenvalue weighted by Gasteiger charge is 2.23. The number of carbonyl (C=O) groups is 2. The molecule has 2 rings (SSSR count). The summed E-state index contributed by atoms with van der Waals surface area (Å²) in [6, 6.07) is 7.92. The van der Waals surface area contributed by atoms with Crippen LogP contribution in [-0.4, -0.2) is 35.8 Å². The van der Waals surface area contributed by atoms with Crippen LogP contribution in [-0.2, 0) is 16.0 Å². The average Bonchev–Trinajstić information content (AvgIpc) is 2.50. The van der Waals surface area contributed by atoms with Gasteiger partial charge in [-0.1, -0.05) is 30.2 Å². The third-order valence-corrected chi connectivity index (χ3v) is 3.92. The molecule has 1 saturated heterocycles. The molecule has 2 amide bonds. The lowest BCUT2D eigenvalue weighted by Gasteiger charge is -2.32. The molecule has 1 aromatic rings. The molecule has 0 saturated carbocycles. The zero-order valence-electron chi connectivity index (χ0n) is 13.2. The van der Waals surface area contributed by atoms with Gasteiger partial charge in [0.15, 0.2) is 0 Å². The van der Waals surface area contributed by atoms with E-state index in [9.17, 15) is 9.59 Å². The Labute approximate surface area is 131 Å². The van der Waals surface area contributed by atoms with E-state index in [1.807, 2.05) is 31.2 Å². The Hall–Kier alpha value is -2.28. The van der Waals surface area contributed by atoms with E-state index in [0.29, 0.717) is 13.0 Å². The quantitative estimate of drug-likeness (QED) is 0.863. The van der Waals surface area contributed by atoms with Crippen molar-refractivity contribution in [2.24, 2.45) is 0 Å². The van der Waals surface area contributed by atoms with Crippen molar-refractivity contribution in [2.45, 2.75) is 39.2 Å². The number of aryl methyl sites for hydroxylation is 1. The Balaban J connectivity index is 1.89. The number of carbonyl (C=O) groups excluding carboxylic acids is 2. The molecule has 1 N–H and O–H groups in total. The number of nitrogens with zero attached hydrogens (tertiary/aromatic N) is 1. The maximum Gasteiger partial charge on any atom is 0.298 e. The van der Waals surface area contributed by atoms with Gasteiger partial charge in [-0.05, 0) is 43.7 Å². The molecule has 0 aliphatic carbocycles. The number of piperidine rings is 1. The van der Waals surface area contributed by atoms with Crippen molar-refractivity contribution in [3.8, 4) is 11.8 Å². The van der Waals surface area contributed by atoms with Gasteiger partial charge < -0.3 is 10.2 Å². The van der Waals surface area contributed by atoms with Crippen LogP contribution in [0.4, 0.5) is 0 Å². The van der Waals surface area contributed by atoms with Crippen LogP contribution in [0.15, 0.2) is 24.3 Å². The molecule has 4 nitrogen and oxygen atoms in total. The molecule has 1 aliphatic rings. The van der Waals surface area contributed by atoms with Gasteiger partial charge in [-0.2, -0.15) is 0 Å². The molecule has 22 heavy (non-hydrogen) atoms. The molecule has 1 aromatic carbocycles. The fourth-order valence-electron chi connectivity index (χ4n) is 2.73. The van der Waals surface area contributed by atoms with Crippen LogP contribution in [0.3, 0.4) is 0 Å². The van der Waals surface area contributed by atoms with Crippen LogP contribution in [0.25, 0.3) is 0 Å². The standard InChI is InChI=1S/C18H22N2O2/c1-3-7-18(22)20-11-6-10-16(13-20)19-17(21)12-15-9-5-4-8-14(15)2/h4-5,8-9,16H,6,10-13H2,1-2H3,(H,19,21). The molecule has 1 heterocycles. The minimum absolute atomic E-state index is 0.00942. The maximum atomic E-state index is 12.2. The SMILES string of the molecule is CC#CC(=O)N1CCCC(NC(=O)Cc2ccccc2C)C1. The van der Waals surface area contributed by atoms with E-state index in [4.69, 9.17) is 0 Å². The number of nitrogens with one attached hydrogen (secondary N) is 1. The monoisotopic (exact) mass is 298 g/mol. The molecule has 4 heteroatoms. The highest BCUT2D eigenvalue weighted by molar-refractivity contribution is 5.93. The first-order valence-electron chi connectivity index (χ1n) is 7.65. The Kier molecular flexibility index (Phi) is 5.60. The van der Waals surface area contributed by atoms with Crippen molar-refractivity contribution >= 4 is 11.8 Å². The first-order valence-corrected chi connectivity index (χ1v) is 7.65. The molecule has 0 aromatic heterocycles. The van der Waals surface area contributed by atoms with E-state index in [0.717, 1.165) is 30.5 Å². The van der Waals surface area contributed by atoms with Crippen molar-refractivity contribution in [1.29, 1.82) is 0 Å². The summed E-state index contributed by atoms with van der Waals surface area (Å²) in [5.74, 6) is 5.05. The van der Waals surface area contributed by atoms with Gasteiger partial charge in [0.1, 0.15) is 0 Å². The predicted octanol–water partition coefficient (Wildman–Crippen LogP) is 1.67. The topological polar surface area (TPSA) is 49.4 Å². The first-order chi connectivity index (χ1) is 10.6. The Morgan fingerprint density at radius 3 is 2.86 bits per heavy atom. The smallest absolute Gasteiger partial charge is 0.298 e. The summed E-state index contributed by atoms with van der Waals surface area (Å²) in [5.41, 5.74) is 2.16. The van der Waals surface area contributed by atoms with E-state index in [1.165, 1.54) is 0 Å². The number of likely N-dealkylation sites (tertiary alicyclic amines) is 1. The summed E-state index contributed by atoms with van der Waals surface area (Å²) in [5, 5.41) is 3.04. The first kappa shape index (κ1) is 16.1. The molecule has 1 aliphatic heterocycles. The molecule has 1 atom stereocenters. The van der Waals surface area contributed by atoms with Crippen LogP contribution < -0.4 is 5.32 Å². The van der Waals surface area contributed by atoms with Crippen LogP contribution in [0, 0.1) is 18.8 Å². The molecule has 0 spiro atoms. The summed E-state index contributed by atoms with van der Waals surface area (Å²) in [6.07, 6.45) is 2.18. The van der Waals surface area contributed by atoms with Gasteiger partial charge in [-0.3, -0.25) is 9.59 Å². The number of rotatable bonds is 3. The van der Waals surface area contributed by atoms with Crippen molar-refractivity contribution in [3.05, 3.63) is 35.4 Å². The average molecular weight is 298 g/mol. The van der Waals surface area contributed by atoms with Crippen LogP contribution >= 0.6 is 0 Å². The van der Waals surface area contributed by atoms with Gasteiger partial charge in [0.05, 0.1) is 6.42 Å². The number of benzene rings is 1. The van der Waals surface area contributed by atoms with Gasteiger partial charge in [0.2, 0.25) is 5.91 Å². The molecule has 1 unspecified atom stereocenters. The van der Waals surface area contributed by atoms with Gasteiger partial charge in [0, 0.05) is 19.1 Å². The van der Waals surface area contributed by atoms with Crippen LogP contribution in [0.5, 0.6) is 0 Å². The van der Waals surface area contributed by atoms with Crippen molar-refractivity contribution in [1.82, 2.24) is 10.2 Å². The summed E-state index contributed by atoms with van der Waals surface area (Å²) in [6.45, 7) is 4.93. The fraction of sp³-hybridized carbons (Fsp3) is 0.444. The normalized spacial score (nSPS) is 17.4. The lowest BCUT2D eigenvalue weighted by atomic mass is 10.0. The second-order valence-corrected chi connectivity index (χ2v) is 5.64. The fourth-order valence-corrected chi connectivity index (χ4v) is 2.73. The second-order valence-electron chi connectivity index (χ2n) is 5.64. The molecule has 0 bridgehead atoms. The number of hydrogen-bond donors (Lipinski definition) is 1. The van der Waals surface area contributed by atoms with Gasteiger partial charge >= 0.3 is 0 Å². The minimum atomic E-state index is -0.152. The summed E-state index contributed by atoms with van der Waals surface area (Å²) < 4.78 is 0. The number of amides is 2. The minimum Gasteiger partial charge on any atom is -0.351 e. The Morgan fingerprint density at radius 1 is 1.36 bits per heavy atom. The largest absolute Gasteiger partial charge is 0.351 e. The zero-order valence-corrected chi connectivity index (χ0v) is 13.2. The van der Waals surface area contributed by atoms with E-state index in [2.05, 4.69) is 17.2 Å². The molecule has 1 fully saturated rings. The van der Waals surface area contributed by atoms with E-state index < -0.39 is 0 Å². The molecule has 0 radical (unpaired) electrons. The van der Waals surface area contributed by atoms with Crippen molar-refractivity contribution in [2.75, 3.05) is 13.1 Å². The highest BCUT2D eigenvalue weighted by atomic mass is 16.2. The Morgan fingerprint density at radius 2 is 2.14 bits per heavy atom. The summed E-state index contributed by atoms with van der Waals surface area (Å²) >= 11 is 0. The van der Waals surface area contributed by atoms with Gasteiger partial charge in [-0.25, -0.2) is 0 Å². The highest BCUT2D eigenvalue weighted by Crippen LogP contribution is 2.12. The number of hydrogen-bond acceptors (Lipinski definition) is 2. The lowest BCUT2D eigenvalue weighted by molar-refractivity contribution is -0.128. The van der Waals surface area contributed by atoms with Crippen molar-refractivity contribution in [3.63, 3.8) is 0 Å². The van der Waals surface area contributed by atoms with Crippen LogP contribution in [0.1, 0.15) is 30.9 Å². The molecule has 116 valence electrons. The third-order valence-electron chi connectivity index (χ3n) is 3.92. The van der Waals surface area contributed by atoms with Crippen LogP contribution in [0.2, 0.25) is 0 Å². The van der Waals surface area contributed by atoms with Gasteiger partial charge in [-0.15, -0.1) is 0 Å². The summed E-state index contributed by atoms with van der Waals surface area (Å²) in [4.78, 5) is 25.7.